The molecule has 0 N–H and O–H groups in total. The monoisotopic (exact) mass is 204 g/mol. The lowest BCUT2D eigenvalue weighted by Gasteiger charge is -2.30. The zero-order valence-corrected chi connectivity index (χ0v) is 8.85. The van der Waals surface area contributed by atoms with Crippen LogP contribution in [0.5, 0.6) is 0 Å². The van der Waals surface area contributed by atoms with E-state index >= 15 is 0 Å². The lowest BCUT2D eigenvalue weighted by atomic mass is 9.94. The van der Waals surface area contributed by atoms with Crippen LogP contribution in [-0.4, -0.2) is 24.5 Å². The van der Waals surface area contributed by atoms with Gasteiger partial charge in [0, 0.05) is 18.9 Å². The lowest BCUT2D eigenvalue weighted by Crippen LogP contribution is -2.33. The molecule has 3 nitrogen and oxygen atoms in total. The third kappa shape index (κ3) is 2.60. The van der Waals surface area contributed by atoms with Crippen LogP contribution in [-0.2, 0) is 0 Å². The Morgan fingerprint density at radius 2 is 2.27 bits per heavy atom. The Bertz CT molecular complexity index is 318. The quantitative estimate of drug-likeness (QED) is 0.759. The molecule has 0 radical (unpaired) electrons. The molecule has 0 aliphatic carbocycles. The second-order valence-electron chi connectivity index (χ2n) is 4.04. The van der Waals surface area contributed by atoms with Gasteiger partial charge in [0.05, 0.1) is 12.3 Å². The zero-order chi connectivity index (χ0) is 10.5. The molecular formula is C12H16N2O. The molecule has 80 valence electrons. The number of piperidine rings is 1. The van der Waals surface area contributed by atoms with Crippen LogP contribution in [0.4, 0.5) is 0 Å². The molecule has 2 rings (SSSR count). The zero-order valence-electron chi connectivity index (χ0n) is 8.85. The highest BCUT2D eigenvalue weighted by Gasteiger charge is 2.21. The Morgan fingerprint density at radius 3 is 2.87 bits per heavy atom. The summed E-state index contributed by atoms with van der Waals surface area (Å²) < 4.78 is 5.42. The highest BCUT2D eigenvalue weighted by atomic mass is 16.3. The van der Waals surface area contributed by atoms with Gasteiger partial charge in [0.1, 0.15) is 5.76 Å². The van der Waals surface area contributed by atoms with Gasteiger partial charge in [-0.15, -0.1) is 0 Å². The van der Waals surface area contributed by atoms with Crippen LogP contribution >= 0.6 is 0 Å². The summed E-state index contributed by atoms with van der Waals surface area (Å²) in [7, 11) is 0. The van der Waals surface area contributed by atoms with Gasteiger partial charge in [-0.05, 0) is 38.1 Å². The van der Waals surface area contributed by atoms with Crippen molar-refractivity contribution in [1.82, 2.24) is 4.90 Å². The molecule has 1 aliphatic rings. The summed E-state index contributed by atoms with van der Waals surface area (Å²) in [6.45, 7) is 3.10. The topological polar surface area (TPSA) is 40.2 Å². The van der Waals surface area contributed by atoms with Crippen molar-refractivity contribution in [3.8, 4) is 6.07 Å². The first-order valence-electron chi connectivity index (χ1n) is 5.53. The molecule has 0 bridgehead atoms. The van der Waals surface area contributed by atoms with Crippen LogP contribution in [0.3, 0.4) is 0 Å². The molecule has 1 aromatic rings. The first-order chi connectivity index (χ1) is 7.40. The second kappa shape index (κ2) is 4.99. The maximum atomic E-state index is 8.51. The number of hydrogen-bond donors (Lipinski definition) is 0. The maximum absolute atomic E-state index is 8.51. The third-order valence-corrected chi connectivity index (χ3v) is 3.07. The molecule has 1 aromatic heterocycles. The van der Waals surface area contributed by atoms with E-state index in [2.05, 4.69) is 17.0 Å². The van der Waals surface area contributed by atoms with Gasteiger partial charge in [0.15, 0.2) is 0 Å². The fourth-order valence-electron chi connectivity index (χ4n) is 2.17. The van der Waals surface area contributed by atoms with E-state index in [1.807, 2.05) is 6.07 Å². The van der Waals surface area contributed by atoms with Crippen LogP contribution in [0.1, 0.15) is 30.9 Å². The highest BCUT2D eigenvalue weighted by molar-refractivity contribution is 5.06. The summed E-state index contributed by atoms with van der Waals surface area (Å²) in [4.78, 5) is 2.36. The van der Waals surface area contributed by atoms with Crippen molar-refractivity contribution in [3.05, 3.63) is 24.2 Å². The Kier molecular flexibility index (Phi) is 3.41. The minimum atomic E-state index is 0.582. The number of nitriles is 1. The average Bonchev–Trinajstić information content (AvgIpc) is 2.80. The molecule has 0 amide bonds. The van der Waals surface area contributed by atoms with Gasteiger partial charge >= 0.3 is 0 Å². The van der Waals surface area contributed by atoms with E-state index < -0.39 is 0 Å². The van der Waals surface area contributed by atoms with Crippen molar-refractivity contribution >= 4 is 0 Å². The molecule has 0 saturated carbocycles. The molecule has 0 atom stereocenters. The predicted molar refractivity (Wildman–Crippen MR) is 57.4 cm³/mol. The van der Waals surface area contributed by atoms with E-state index in [-0.39, 0.29) is 0 Å². The number of nitrogens with zero attached hydrogens (tertiary/aromatic N) is 2. The second-order valence-corrected chi connectivity index (χ2v) is 4.04. The summed E-state index contributed by atoms with van der Waals surface area (Å²) in [6, 6.07) is 6.21. The van der Waals surface area contributed by atoms with Crippen LogP contribution < -0.4 is 0 Å². The summed E-state index contributed by atoms with van der Waals surface area (Å²) in [5, 5.41) is 8.51. The maximum Gasteiger partial charge on any atom is 0.106 e. The van der Waals surface area contributed by atoms with E-state index in [1.165, 1.54) is 0 Å². The van der Waals surface area contributed by atoms with Crippen molar-refractivity contribution in [1.29, 1.82) is 5.26 Å². The molecule has 1 fully saturated rings. The van der Waals surface area contributed by atoms with Gasteiger partial charge in [-0.3, -0.25) is 0 Å². The molecule has 0 aromatic carbocycles. The lowest BCUT2D eigenvalue weighted by molar-refractivity contribution is 0.206. The predicted octanol–water partition coefficient (Wildman–Crippen LogP) is 2.37. The number of furan rings is 1. The van der Waals surface area contributed by atoms with Crippen LogP contribution in [0.25, 0.3) is 0 Å². The molecule has 0 unspecified atom stereocenters. The Hall–Kier alpha value is -1.27. The Labute approximate surface area is 90.3 Å². The van der Waals surface area contributed by atoms with Gasteiger partial charge in [-0.1, -0.05) is 0 Å². The van der Waals surface area contributed by atoms with Gasteiger partial charge in [0.2, 0.25) is 0 Å². The van der Waals surface area contributed by atoms with Gasteiger partial charge in [0.25, 0.3) is 0 Å². The largest absolute Gasteiger partial charge is 0.469 e. The van der Waals surface area contributed by atoms with Crippen molar-refractivity contribution in [2.75, 3.05) is 19.6 Å². The molecular weight excluding hydrogens is 188 g/mol. The number of rotatable bonds is 3. The fraction of sp³-hybridized carbons (Fsp3) is 0.583. The van der Waals surface area contributed by atoms with E-state index in [1.54, 1.807) is 6.26 Å². The highest BCUT2D eigenvalue weighted by Crippen LogP contribution is 2.27. The van der Waals surface area contributed by atoms with E-state index in [4.69, 9.17) is 9.68 Å². The van der Waals surface area contributed by atoms with Gasteiger partial charge < -0.3 is 9.32 Å². The van der Waals surface area contributed by atoms with Crippen molar-refractivity contribution in [2.24, 2.45) is 0 Å². The summed E-state index contributed by atoms with van der Waals surface area (Å²) in [6.07, 6.45) is 4.70. The van der Waals surface area contributed by atoms with Gasteiger partial charge in [-0.2, -0.15) is 5.26 Å². The first kappa shape index (κ1) is 10.3. The molecule has 1 saturated heterocycles. The van der Waals surface area contributed by atoms with Crippen LogP contribution in [0, 0.1) is 11.3 Å². The molecule has 1 aliphatic heterocycles. The van der Waals surface area contributed by atoms with Crippen molar-refractivity contribution in [3.63, 3.8) is 0 Å². The Balaban J connectivity index is 1.80. The minimum absolute atomic E-state index is 0.582. The summed E-state index contributed by atoms with van der Waals surface area (Å²) in [5.41, 5.74) is 0. The smallest absolute Gasteiger partial charge is 0.106 e. The number of likely N-dealkylation sites (tertiary alicyclic amines) is 1. The first-order valence-corrected chi connectivity index (χ1v) is 5.53. The SMILES string of the molecule is N#CCCN1CCC(c2ccco2)CC1. The van der Waals surface area contributed by atoms with E-state index in [0.29, 0.717) is 12.3 Å². The normalized spacial score (nSPS) is 18.9. The van der Waals surface area contributed by atoms with Gasteiger partial charge in [-0.25, -0.2) is 0 Å². The fourth-order valence-corrected chi connectivity index (χ4v) is 2.17. The molecule has 3 heteroatoms. The summed E-state index contributed by atoms with van der Waals surface area (Å²) in [5.74, 6) is 1.70. The molecule has 2 heterocycles. The summed E-state index contributed by atoms with van der Waals surface area (Å²) >= 11 is 0. The standard InChI is InChI=1S/C12H16N2O/c13-6-2-7-14-8-4-11(5-9-14)12-3-1-10-15-12/h1,3,10-11H,2,4-5,7-9H2. The van der Waals surface area contributed by atoms with Crippen molar-refractivity contribution < 1.29 is 4.42 Å². The molecule has 0 spiro atoms. The van der Waals surface area contributed by atoms with E-state index in [9.17, 15) is 0 Å². The van der Waals surface area contributed by atoms with E-state index in [0.717, 1.165) is 38.2 Å². The third-order valence-electron chi connectivity index (χ3n) is 3.07. The van der Waals surface area contributed by atoms with Crippen LogP contribution in [0.15, 0.2) is 22.8 Å². The van der Waals surface area contributed by atoms with Crippen molar-refractivity contribution in [2.45, 2.75) is 25.2 Å². The molecule has 15 heavy (non-hydrogen) atoms. The number of hydrogen-bond acceptors (Lipinski definition) is 3. The van der Waals surface area contributed by atoms with Crippen LogP contribution in [0.2, 0.25) is 0 Å². The Morgan fingerprint density at radius 1 is 1.47 bits per heavy atom. The average molecular weight is 204 g/mol. The minimum Gasteiger partial charge on any atom is -0.469 e.